The fourth-order valence-electron chi connectivity index (χ4n) is 1.82. The average Bonchev–Trinajstić information content (AvgIpc) is 2.38. The molecule has 0 fully saturated rings. The molecule has 0 N–H and O–H groups in total. The van der Waals surface area contributed by atoms with Crippen molar-refractivity contribution in [1.82, 2.24) is 4.31 Å². The Morgan fingerprint density at radius 2 is 1.67 bits per heavy atom. The van der Waals surface area contributed by atoms with E-state index in [4.69, 9.17) is 4.74 Å². The van der Waals surface area contributed by atoms with Gasteiger partial charge in [0.05, 0.1) is 7.11 Å². The van der Waals surface area contributed by atoms with Crippen LogP contribution in [0, 0.1) is 0 Å². The Hall–Kier alpha value is -1.07. The summed E-state index contributed by atoms with van der Waals surface area (Å²) in [7, 11) is -1.98. The molecule has 18 heavy (non-hydrogen) atoms. The molecule has 0 aromatic heterocycles. The van der Waals surface area contributed by atoms with Crippen molar-refractivity contribution in [3.63, 3.8) is 0 Å². The van der Waals surface area contributed by atoms with Crippen LogP contribution in [0.3, 0.4) is 0 Å². The van der Waals surface area contributed by atoms with Gasteiger partial charge in [-0.3, -0.25) is 0 Å². The van der Waals surface area contributed by atoms with Crippen LogP contribution in [0.1, 0.15) is 26.7 Å². The Labute approximate surface area is 110 Å². The normalized spacial score (nSPS) is 11.8. The summed E-state index contributed by atoms with van der Waals surface area (Å²) < 4.78 is 31.7. The highest BCUT2D eigenvalue weighted by atomic mass is 32.2. The van der Waals surface area contributed by atoms with E-state index in [-0.39, 0.29) is 4.90 Å². The topological polar surface area (TPSA) is 46.6 Å². The zero-order chi connectivity index (χ0) is 13.6. The third-order valence-corrected chi connectivity index (χ3v) is 4.57. The highest BCUT2D eigenvalue weighted by molar-refractivity contribution is 7.89. The van der Waals surface area contributed by atoms with E-state index >= 15 is 0 Å². The fraction of sp³-hybridized carbons (Fsp3) is 0.538. The molecule has 0 saturated heterocycles. The molecule has 0 radical (unpaired) electrons. The molecule has 0 aliphatic rings. The van der Waals surface area contributed by atoms with Crippen LogP contribution in [-0.4, -0.2) is 32.9 Å². The van der Waals surface area contributed by atoms with E-state index in [1.807, 2.05) is 13.8 Å². The van der Waals surface area contributed by atoms with Gasteiger partial charge in [0.2, 0.25) is 10.0 Å². The lowest BCUT2D eigenvalue weighted by molar-refractivity contribution is 0.387. The molecule has 0 aliphatic carbocycles. The second-order valence-electron chi connectivity index (χ2n) is 4.05. The van der Waals surface area contributed by atoms with Crippen LogP contribution in [0.15, 0.2) is 29.2 Å². The average molecular weight is 271 g/mol. The Morgan fingerprint density at radius 3 is 2.17 bits per heavy atom. The van der Waals surface area contributed by atoms with Crippen LogP contribution >= 0.6 is 0 Å². The SMILES string of the molecule is CCCN(CCC)S(=O)(=O)c1ccccc1OC. The molecule has 0 heterocycles. The minimum atomic E-state index is -3.46. The number of benzene rings is 1. The van der Waals surface area contributed by atoms with Gasteiger partial charge in [0.15, 0.2) is 0 Å². The zero-order valence-corrected chi connectivity index (χ0v) is 12.0. The lowest BCUT2D eigenvalue weighted by Crippen LogP contribution is -2.32. The second kappa shape index (κ2) is 6.75. The molecule has 1 aromatic rings. The fourth-order valence-corrected chi connectivity index (χ4v) is 3.60. The maximum absolute atomic E-state index is 12.5. The largest absolute Gasteiger partial charge is 0.495 e. The van der Waals surface area contributed by atoms with Gasteiger partial charge in [-0.15, -0.1) is 0 Å². The smallest absolute Gasteiger partial charge is 0.246 e. The third-order valence-electron chi connectivity index (χ3n) is 2.63. The number of ether oxygens (including phenoxy) is 1. The summed E-state index contributed by atoms with van der Waals surface area (Å²) in [5, 5.41) is 0. The Morgan fingerprint density at radius 1 is 1.11 bits per heavy atom. The number of para-hydroxylation sites is 1. The van der Waals surface area contributed by atoms with Gasteiger partial charge in [-0.05, 0) is 25.0 Å². The van der Waals surface area contributed by atoms with E-state index in [1.165, 1.54) is 11.4 Å². The van der Waals surface area contributed by atoms with Crippen molar-refractivity contribution in [3.8, 4) is 5.75 Å². The highest BCUT2D eigenvalue weighted by Crippen LogP contribution is 2.26. The summed E-state index contributed by atoms with van der Waals surface area (Å²) in [6.07, 6.45) is 1.60. The molecule has 1 rings (SSSR count). The molecule has 0 bridgehead atoms. The van der Waals surface area contributed by atoms with Crippen LogP contribution in [0.2, 0.25) is 0 Å². The molecular formula is C13H21NO3S. The van der Waals surface area contributed by atoms with Crippen molar-refractivity contribution >= 4 is 10.0 Å². The monoisotopic (exact) mass is 271 g/mol. The van der Waals surface area contributed by atoms with Gasteiger partial charge in [-0.2, -0.15) is 4.31 Å². The molecule has 1 aromatic carbocycles. The number of sulfonamides is 1. The quantitative estimate of drug-likeness (QED) is 0.765. The number of rotatable bonds is 7. The van der Waals surface area contributed by atoms with Gasteiger partial charge in [-0.1, -0.05) is 26.0 Å². The molecule has 0 spiro atoms. The summed E-state index contributed by atoms with van der Waals surface area (Å²) in [4.78, 5) is 0.245. The standard InChI is InChI=1S/C13H21NO3S/c1-4-10-14(11-5-2)18(15,16)13-9-7-6-8-12(13)17-3/h6-9H,4-5,10-11H2,1-3H3. The van der Waals surface area contributed by atoms with Crippen molar-refractivity contribution in [2.24, 2.45) is 0 Å². The summed E-state index contributed by atoms with van der Waals surface area (Å²) in [6, 6.07) is 6.74. The van der Waals surface area contributed by atoms with Crippen LogP contribution in [-0.2, 0) is 10.0 Å². The number of hydrogen-bond donors (Lipinski definition) is 0. The van der Waals surface area contributed by atoms with E-state index in [9.17, 15) is 8.42 Å². The molecule has 4 nitrogen and oxygen atoms in total. The molecule has 0 saturated carbocycles. The highest BCUT2D eigenvalue weighted by Gasteiger charge is 2.25. The first-order valence-corrected chi connectivity index (χ1v) is 7.65. The summed E-state index contributed by atoms with van der Waals surface area (Å²) in [5.41, 5.74) is 0. The van der Waals surface area contributed by atoms with Gasteiger partial charge in [0.1, 0.15) is 10.6 Å². The third kappa shape index (κ3) is 3.23. The number of methoxy groups -OCH3 is 1. The van der Waals surface area contributed by atoms with E-state index in [1.54, 1.807) is 24.3 Å². The van der Waals surface area contributed by atoms with Gasteiger partial charge in [0, 0.05) is 13.1 Å². The minimum Gasteiger partial charge on any atom is -0.495 e. The molecule has 0 atom stereocenters. The minimum absolute atomic E-state index is 0.245. The van der Waals surface area contributed by atoms with E-state index in [0.29, 0.717) is 18.8 Å². The van der Waals surface area contributed by atoms with Crippen molar-refractivity contribution in [2.45, 2.75) is 31.6 Å². The number of nitrogens with zero attached hydrogens (tertiary/aromatic N) is 1. The summed E-state index contributed by atoms with van der Waals surface area (Å²) in [6.45, 7) is 5.02. The predicted octanol–water partition coefficient (Wildman–Crippen LogP) is 2.51. The molecule has 0 unspecified atom stereocenters. The van der Waals surface area contributed by atoms with Crippen molar-refractivity contribution in [1.29, 1.82) is 0 Å². The summed E-state index contributed by atoms with van der Waals surface area (Å²) >= 11 is 0. The van der Waals surface area contributed by atoms with Crippen molar-refractivity contribution in [2.75, 3.05) is 20.2 Å². The van der Waals surface area contributed by atoms with Crippen LogP contribution < -0.4 is 4.74 Å². The molecule has 0 aliphatic heterocycles. The van der Waals surface area contributed by atoms with Crippen LogP contribution in [0.4, 0.5) is 0 Å². The molecule has 5 heteroatoms. The van der Waals surface area contributed by atoms with Crippen molar-refractivity contribution in [3.05, 3.63) is 24.3 Å². The first-order valence-electron chi connectivity index (χ1n) is 6.21. The lowest BCUT2D eigenvalue weighted by atomic mass is 10.3. The zero-order valence-electron chi connectivity index (χ0n) is 11.2. The van der Waals surface area contributed by atoms with Gasteiger partial charge >= 0.3 is 0 Å². The van der Waals surface area contributed by atoms with Crippen molar-refractivity contribution < 1.29 is 13.2 Å². The van der Waals surface area contributed by atoms with E-state index in [0.717, 1.165) is 12.8 Å². The Kier molecular flexibility index (Phi) is 5.62. The molecule has 102 valence electrons. The van der Waals surface area contributed by atoms with E-state index < -0.39 is 10.0 Å². The predicted molar refractivity (Wildman–Crippen MR) is 72.3 cm³/mol. The molecule has 0 amide bonds. The first-order chi connectivity index (χ1) is 8.57. The summed E-state index contributed by atoms with van der Waals surface area (Å²) in [5.74, 6) is 0.398. The Bertz CT molecular complexity index is 465. The second-order valence-corrected chi connectivity index (χ2v) is 5.96. The number of hydrogen-bond acceptors (Lipinski definition) is 3. The van der Waals surface area contributed by atoms with Crippen LogP contribution in [0.5, 0.6) is 5.75 Å². The van der Waals surface area contributed by atoms with Gasteiger partial charge in [0.25, 0.3) is 0 Å². The van der Waals surface area contributed by atoms with E-state index in [2.05, 4.69) is 0 Å². The maximum Gasteiger partial charge on any atom is 0.246 e. The molecular weight excluding hydrogens is 250 g/mol. The Balaban J connectivity index is 3.17. The first kappa shape index (κ1) is 15.0. The maximum atomic E-state index is 12.5. The van der Waals surface area contributed by atoms with Crippen LogP contribution in [0.25, 0.3) is 0 Å². The van der Waals surface area contributed by atoms with Gasteiger partial charge in [-0.25, -0.2) is 8.42 Å². The van der Waals surface area contributed by atoms with Gasteiger partial charge < -0.3 is 4.74 Å². The lowest BCUT2D eigenvalue weighted by Gasteiger charge is -2.22.